The molecule has 2 heterocycles. The fourth-order valence-corrected chi connectivity index (χ4v) is 2.55. The number of unbranched alkanes of at least 4 members (excludes halogenated alkanes) is 1. The summed E-state index contributed by atoms with van der Waals surface area (Å²) >= 11 is 1.35. The zero-order valence-electron chi connectivity index (χ0n) is 10.9. The lowest BCUT2D eigenvalue weighted by molar-refractivity contribution is 0.187. The summed E-state index contributed by atoms with van der Waals surface area (Å²) in [6.45, 7) is 4.34. The lowest BCUT2D eigenvalue weighted by Crippen LogP contribution is -2.29. The molecule has 19 heavy (non-hydrogen) atoms. The van der Waals surface area contributed by atoms with E-state index in [1.54, 1.807) is 5.51 Å². The maximum absolute atomic E-state index is 11.8. The molecule has 0 spiro atoms. The van der Waals surface area contributed by atoms with Crippen LogP contribution in [0.5, 0.6) is 0 Å². The SMILES string of the molecule is CCCCN(CCO)Cc1cc(=O)n2ncsc2n1. The van der Waals surface area contributed by atoms with Crippen LogP contribution >= 0.6 is 11.3 Å². The Morgan fingerprint density at radius 1 is 1.47 bits per heavy atom. The smallest absolute Gasteiger partial charge is 0.275 e. The monoisotopic (exact) mass is 282 g/mol. The van der Waals surface area contributed by atoms with Crippen LogP contribution in [0.15, 0.2) is 16.4 Å². The van der Waals surface area contributed by atoms with Crippen molar-refractivity contribution in [3.8, 4) is 0 Å². The van der Waals surface area contributed by atoms with Crippen LogP contribution in [0.2, 0.25) is 0 Å². The number of aliphatic hydroxyl groups excluding tert-OH is 1. The van der Waals surface area contributed by atoms with Crippen LogP contribution in [0.1, 0.15) is 25.5 Å². The van der Waals surface area contributed by atoms with E-state index in [0.29, 0.717) is 18.1 Å². The number of aliphatic hydroxyl groups is 1. The van der Waals surface area contributed by atoms with Gasteiger partial charge in [-0.3, -0.25) is 9.69 Å². The maximum Gasteiger partial charge on any atom is 0.275 e. The molecule has 0 aliphatic rings. The fourth-order valence-electron chi connectivity index (χ4n) is 1.90. The molecule has 2 aromatic rings. The predicted octanol–water partition coefficient (Wildman–Crippen LogP) is 0.745. The maximum atomic E-state index is 11.8. The van der Waals surface area contributed by atoms with Gasteiger partial charge in [0.25, 0.3) is 5.56 Å². The molecule has 0 aromatic carbocycles. The van der Waals surface area contributed by atoms with E-state index >= 15 is 0 Å². The average molecular weight is 282 g/mol. The number of aromatic nitrogens is 3. The third kappa shape index (κ3) is 3.59. The van der Waals surface area contributed by atoms with Crippen molar-refractivity contribution in [1.29, 1.82) is 0 Å². The van der Waals surface area contributed by atoms with Crippen molar-refractivity contribution in [3.05, 3.63) is 27.6 Å². The van der Waals surface area contributed by atoms with E-state index in [2.05, 4.69) is 21.9 Å². The standard InChI is InChI=1S/C12H18N4O2S/c1-2-3-4-15(5-6-17)8-10-7-11(18)16-12(14-10)19-9-13-16/h7,9,17H,2-6,8H2,1H3. The number of rotatable bonds is 7. The molecule has 0 radical (unpaired) electrons. The Kier molecular flexibility index (Phi) is 5.00. The van der Waals surface area contributed by atoms with Gasteiger partial charge < -0.3 is 5.11 Å². The zero-order valence-corrected chi connectivity index (χ0v) is 11.8. The van der Waals surface area contributed by atoms with Crippen molar-refractivity contribution >= 4 is 16.3 Å². The highest BCUT2D eigenvalue weighted by atomic mass is 32.1. The summed E-state index contributed by atoms with van der Waals surface area (Å²) < 4.78 is 1.30. The van der Waals surface area contributed by atoms with E-state index in [0.717, 1.165) is 25.1 Å². The van der Waals surface area contributed by atoms with E-state index < -0.39 is 0 Å². The van der Waals surface area contributed by atoms with Crippen LogP contribution in [0.3, 0.4) is 0 Å². The van der Waals surface area contributed by atoms with Gasteiger partial charge in [-0.1, -0.05) is 24.7 Å². The highest BCUT2D eigenvalue weighted by Gasteiger charge is 2.09. The second-order valence-electron chi connectivity index (χ2n) is 4.37. The number of fused-ring (bicyclic) bond motifs is 1. The van der Waals surface area contributed by atoms with Gasteiger partial charge in [0.15, 0.2) is 0 Å². The summed E-state index contributed by atoms with van der Waals surface area (Å²) in [6, 6.07) is 1.52. The third-order valence-electron chi connectivity index (χ3n) is 2.87. The van der Waals surface area contributed by atoms with Crippen molar-refractivity contribution < 1.29 is 5.11 Å². The van der Waals surface area contributed by atoms with E-state index in [1.165, 1.54) is 21.9 Å². The van der Waals surface area contributed by atoms with Crippen LogP contribution in [0.4, 0.5) is 0 Å². The minimum atomic E-state index is -0.152. The Balaban J connectivity index is 2.15. The van der Waals surface area contributed by atoms with Crippen LogP contribution in [0.25, 0.3) is 4.96 Å². The largest absolute Gasteiger partial charge is 0.395 e. The second-order valence-corrected chi connectivity index (χ2v) is 5.18. The average Bonchev–Trinajstić information content (AvgIpc) is 2.85. The van der Waals surface area contributed by atoms with Crippen molar-refractivity contribution in [2.45, 2.75) is 26.3 Å². The first-order valence-electron chi connectivity index (χ1n) is 6.40. The van der Waals surface area contributed by atoms with Crippen LogP contribution in [0, 0.1) is 0 Å². The molecule has 2 aromatic heterocycles. The molecule has 104 valence electrons. The van der Waals surface area contributed by atoms with Crippen LogP contribution in [-0.4, -0.2) is 44.3 Å². The minimum Gasteiger partial charge on any atom is -0.395 e. The molecule has 7 heteroatoms. The van der Waals surface area contributed by atoms with Gasteiger partial charge in [-0.2, -0.15) is 9.61 Å². The van der Waals surface area contributed by atoms with Crippen molar-refractivity contribution in [2.24, 2.45) is 0 Å². The second kappa shape index (κ2) is 6.74. The molecule has 0 fully saturated rings. The van der Waals surface area contributed by atoms with Crippen molar-refractivity contribution in [2.75, 3.05) is 19.7 Å². The van der Waals surface area contributed by atoms with E-state index in [4.69, 9.17) is 5.11 Å². The first kappa shape index (κ1) is 14.1. The molecule has 0 unspecified atom stereocenters. The fraction of sp³-hybridized carbons (Fsp3) is 0.583. The highest BCUT2D eigenvalue weighted by molar-refractivity contribution is 7.14. The molecule has 0 bridgehead atoms. The Labute approximate surface area is 115 Å². The van der Waals surface area contributed by atoms with Gasteiger partial charge in [0.05, 0.1) is 12.3 Å². The van der Waals surface area contributed by atoms with Gasteiger partial charge in [-0.25, -0.2) is 4.98 Å². The summed E-state index contributed by atoms with van der Waals surface area (Å²) in [4.78, 5) is 19.0. The summed E-state index contributed by atoms with van der Waals surface area (Å²) in [5.41, 5.74) is 2.19. The molecular weight excluding hydrogens is 264 g/mol. The quantitative estimate of drug-likeness (QED) is 0.811. The summed E-state index contributed by atoms with van der Waals surface area (Å²) in [6.07, 6.45) is 2.17. The van der Waals surface area contributed by atoms with Gasteiger partial charge in [0, 0.05) is 19.2 Å². The van der Waals surface area contributed by atoms with Crippen molar-refractivity contribution in [3.63, 3.8) is 0 Å². The van der Waals surface area contributed by atoms with E-state index in [1.807, 2.05) is 0 Å². The minimum absolute atomic E-state index is 0.117. The molecule has 0 aliphatic heterocycles. The molecular formula is C12H18N4O2S. The van der Waals surface area contributed by atoms with E-state index in [9.17, 15) is 4.79 Å². The topological polar surface area (TPSA) is 70.7 Å². The zero-order chi connectivity index (χ0) is 13.7. The van der Waals surface area contributed by atoms with Crippen LogP contribution < -0.4 is 5.56 Å². The molecule has 0 amide bonds. The summed E-state index contributed by atoms with van der Waals surface area (Å²) in [5, 5.41) is 13.0. The normalized spacial score (nSPS) is 11.5. The lowest BCUT2D eigenvalue weighted by atomic mass is 10.3. The Morgan fingerprint density at radius 3 is 3.05 bits per heavy atom. The highest BCUT2D eigenvalue weighted by Crippen LogP contribution is 2.07. The summed E-state index contributed by atoms with van der Waals surface area (Å²) in [5.74, 6) is 0. The lowest BCUT2D eigenvalue weighted by Gasteiger charge is -2.20. The van der Waals surface area contributed by atoms with Gasteiger partial charge in [-0.05, 0) is 13.0 Å². The molecule has 0 aliphatic carbocycles. The Bertz CT molecular complexity index is 580. The molecule has 1 N–H and O–H groups in total. The molecule has 0 atom stereocenters. The van der Waals surface area contributed by atoms with Crippen LogP contribution in [-0.2, 0) is 6.54 Å². The molecule has 0 saturated carbocycles. The number of hydrogen-bond donors (Lipinski definition) is 1. The van der Waals surface area contributed by atoms with Gasteiger partial charge in [-0.15, -0.1) is 0 Å². The number of nitrogens with zero attached hydrogens (tertiary/aromatic N) is 4. The number of hydrogen-bond acceptors (Lipinski definition) is 6. The van der Waals surface area contributed by atoms with Crippen molar-refractivity contribution in [1.82, 2.24) is 19.5 Å². The first-order chi connectivity index (χ1) is 9.24. The molecule has 2 rings (SSSR count). The molecule has 6 nitrogen and oxygen atoms in total. The van der Waals surface area contributed by atoms with E-state index in [-0.39, 0.29) is 12.2 Å². The van der Waals surface area contributed by atoms with Gasteiger partial charge >= 0.3 is 0 Å². The molecule has 0 saturated heterocycles. The van der Waals surface area contributed by atoms with Gasteiger partial charge in [0.2, 0.25) is 4.96 Å². The summed E-state index contributed by atoms with van der Waals surface area (Å²) in [7, 11) is 0. The predicted molar refractivity (Wildman–Crippen MR) is 74.4 cm³/mol. The van der Waals surface area contributed by atoms with Gasteiger partial charge in [0.1, 0.15) is 5.51 Å². The first-order valence-corrected chi connectivity index (χ1v) is 7.28. The third-order valence-corrected chi connectivity index (χ3v) is 3.54. The Hall–Kier alpha value is -1.31. The Morgan fingerprint density at radius 2 is 2.32 bits per heavy atom.